The van der Waals surface area contributed by atoms with Crippen molar-refractivity contribution in [3.05, 3.63) is 41.5 Å². The Morgan fingerprint density at radius 3 is 1.86 bits per heavy atom. The standard InChI is InChI=1S/C26H26O11/c1-13(27)32-19-10-22(34-15(3)29)20-12-25(36-17(5)31)26(6,37-23(20)11-19)18-7-8-21(33-14(2)28)24(9-18)35-16(4)30/h7-11,25H,12H2,1-6H3/t25-,26+/m0/s1. The van der Waals surface area contributed by atoms with Crippen LogP contribution in [0, 0.1) is 0 Å². The normalized spacial score (nSPS) is 17.9. The molecule has 0 bridgehead atoms. The van der Waals surface area contributed by atoms with Crippen molar-refractivity contribution >= 4 is 29.8 Å². The molecule has 0 N–H and O–H groups in total. The molecule has 3 rings (SSSR count). The van der Waals surface area contributed by atoms with Crippen LogP contribution in [-0.4, -0.2) is 36.0 Å². The largest absolute Gasteiger partial charge is 0.478 e. The molecule has 0 amide bonds. The van der Waals surface area contributed by atoms with Crippen molar-refractivity contribution in [3.63, 3.8) is 0 Å². The van der Waals surface area contributed by atoms with Gasteiger partial charge in [-0.1, -0.05) is 6.07 Å². The molecule has 1 heterocycles. The maximum absolute atomic E-state index is 12.0. The molecule has 0 aliphatic carbocycles. The monoisotopic (exact) mass is 514 g/mol. The fraction of sp³-hybridized carbons (Fsp3) is 0.346. The summed E-state index contributed by atoms with van der Waals surface area (Å²) in [4.78, 5) is 58.5. The van der Waals surface area contributed by atoms with Gasteiger partial charge in [-0.15, -0.1) is 0 Å². The molecule has 2 aromatic rings. The third-order valence-electron chi connectivity index (χ3n) is 5.32. The van der Waals surface area contributed by atoms with Crippen LogP contribution in [0.25, 0.3) is 0 Å². The fourth-order valence-corrected chi connectivity index (χ4v) is 3.92. The molecule has 37 heavy (non-hydrogen) atoms. The predicted octanol–water partition coefficient (Wildman–Crippen LogP) is 3.17. The number of hydrogen-bond donors (Lipinski definition) is 0. The van der Waals surface area contributed by atoms with Crippen LogP contribution < -0.4 is 23.7 Å². The molecule has 11 heteroatoms. The number of carbonyl (C=O) groups excluding carboxylic acids is 5. The second kappa shape index (κ2) is 10.7. The molecular weight excluding hydrogens is 488 g/mol. The molecule has 0 fully saturated rings. The van der Waals surface area contributed by atoms with E-state index in [0.29, 0.717) is 11.1 Å². The smallest absolute Gasteiger partial charge is 0.308 e. The van der Waals surface area contributed by atoms with Crippen molar-refractivity contribution < 1.29 is 52.4 Å². The van der Waals surface area contributed by atoms with Gasteiger partial charge in [-0.25, -0.2) is 0 Å². The molecule has 0 unspecified atom stereocenters. The molecule has 2 aromatic carbocycles. The minimum Gasteiger partial charge on any atom is -0.478 e. The van der Waals surface area contributed by atoms with Crippen molar-refractivity contribution in [1.29, 1.82) is 0 Å². The van der Waals surface area contributed by atoms with E-state index in [1.807, 2.05) is 0 Å². The molecule has 0 saturated heterocycles. The summed E-state index contributed by atoms with van der Waals surface area (Å²) in [7, 11) is 0. The van der Waals surface area contributed by atoms with Gasteiger partial charge in [0, 0.05) is 64.3 Å². The summed E-state index contributed by atoms with van der Waals surface area (Å²) in [5.41, 5.74) is -0.556. The van der Waals surface area contributed by atoms with Gasteiger partial charge in [0.2, 0.25) is 0 Å². The third-order valence-corrected chi connectivity index (χ3v) is 5.32. The van der Waals surface area contributed by atoms with Crippen molar-refractivity contribution in [3.8, 4) is 28.7 Å². The lowest BCUT2D eigenvalue weighted by Gasteiger charge is -2.42. The van der Waals surface area contributed by atoms with Crippen LogP contribution in [0.2, 0.25) is 0 Å². The maximum atomic E-state index is 12.0. The second-order valence-electron chi connectivity index (χ2n) is 8.45. The maximum Gasteiger partial charge on any atom is 0.308 e. The van der Waals surface area contributed by atoms with Gasteiger partial charge in [-0.05, 0) is 19.1 Å². The molecule has 1 aliphatic heterocycles. The molecule has 0 radical (unpaired) electrons. The summed E-state index contributed by atoms with van der Waals surface area (Å²) >= 11 is 0. The van der Waals surface area contributed by atoms with Gasteiger partial charge < -0.3 is 28.4 Å². The summed E-state index contributed by atoms with van der Waals surface area (Å²) in [6.45, 7) is 7.70. The summed E-state index contributed by atoms with van der Waals surface area (Å²) in [5.74, 6) is -2.78. The van der Waals surface area contributed by atoms with E-state index >= 15 is 0 Å². The highest BCUT2D eigenvalue weighted by molar-refractivity contribution is 5.75. The van der Waals surface area contributed by atoms with Gasteiger partial charge in [0.15, 0.2) is 17.1 Å². The highest BCUT2D eigenvalue weighted by atomic mass is 16.6. The predicted molar refractivity (Wildman–Crippen MR) is 125 cm³/mol. The first-order chi connectivity index (χ1) is 17.3. The van der Waals surface area contributed by atoms with Gasteiger partial charge in [-0.2, -0.15) is 0 Å². The zero-order valence-electron chi connectivity index (χ0n) is 21.2. The van der Waals surface area contributed by atoms with Crippen LogP contribution in [0.1, 0.15) is 52.7 Å². The highest BCUT2D eigenvalue weighted by Crippen LogP contribution is 2.47. The first-order valence-electron chi connectivity index (χ1n) is 11.2. The van der Waals surface area contributed by atoms with E-state index in [-0.39, 0.29) is 35.2 Å². The Bertz CT molecular complexity index is 1280. The minimum atomic E-state index is -1.37. The molecule has 2 atom stereocenters. The average molecular weight is 514 g/mol. The number of benzene rings is 2. The first kappa shape index (κ1) is 27.2. The van der Waals surface area contributed by atoms with Crippen LogP contribution in [0.15, 0.2) is 30.3 Å². The Morgan fingerprint density at radius 1 is 0.730 bits per heavy atom. The molecule has 11 nitrogen and oxygen atoms in total. The minimum absolute atomic E-state index is 0.00425. The quantitative estimate of drug-likeness (QED) is 0.414. The fourth-order valence-electron chi connectivity index (χ4n) is 3.92. The van der Waals surface area contributed by atoms with Gasteiger partial charge in [0.25, 0.3) is 0 Å². The lowest BCUT2D eigenvalue weighted by molar-refractivity contribution is -0.161. The molecular formula is C26H26O11. The second-order valence-corrected chi connectivity index (χ2v) is 8.45. The van der Waals surface area contributed by atoms with E-state index < -0.39 is 41.6 Å². The SMILES string of the molecule is CC(=O)Oc1cc(OC(C)=O)c2c(c1)O[C@](C)(c1ccc(OC(C)=O)c(OC(C)=O)c1)[C@@H](OC(C)=O)C2. The number of hydrogen-bond acceptors (Lipinski definition) is 11. The number of esters is 5. The van der Waals surface area contributed by atoms with Gasteiger partial charge in [0.05, 0.1) is 0 Å². The topological polar surface area (TPSA) is 141 Å². The summed E-state index contributed by atoms with van der Waals surface area (Å²) in [6, 6.07) is 7.24. The van der Waals surface area contributed by atoms with Crippen molar-refractivity contribution in [2.45, 2.75) is 59.7 Å². The van der Waals surface area contributed by atoms with Crippen LogP contribution in [0.4, 0.5) is 0 Å². The molecule has 0 saturated carbocycles. The Hall–Kier alpha value is -4.41. The Kier molecular flexibility index (Phi) is 7.85. The number of carbonyl (C=O) groups is 5. The first-order valence-corrected chi connectivity index (χ1v) is 11.2. The van der Waals surface area contributed by atoms with E-state index in [1.165, 1.54) is 58.9 Å². The summed E-state index contributed by atoms with van der Waals surface area (Å²) < 4.78 is 32.8. The van der Waals surface area contributed by atoms with Crippen LogP contribution >= 0.6 is 0 Å². The average Bonchev–Trinajstić information content (AvgIpc) is 2.74. The Labute approximate surface area is 212 Å². The lowest BCUT2D eigenvalue weighted by Crippen LogP contribution is -2.48. The molecule has 0 spiro atoms. The molecule has 196 valence electrons. The van der Waals surface area contributed by atoms with Crippen LogP contribution in [0.3, 0.4) is 0 Å². The van der Waals surface area contributed by atoms with Crippen LogP contribution in [0.5, 0.6) is 28.7 Å². The summed E-state index contributed by atoms with van der Waals surface area (Å²) in [5, 5.41) is 0. The van der Waals surface area contributed by atoms with Gasteiger partial charge in [0.1, 0.15) is 23.4 Å². The Balaban J connectivity index is 2.18. The van der Waals surface area contributed by atoms with E-state index in [4.69, 9.17) is 28.4 Å². The van der Waals surface area contributed by atoms with Gasteiger partial charge in [-0.3, -0.25) is 24.0 Å². The number of ether oxygens (including phenoxy) is 6. The molecule has 0 aromatic heterocycles. The number of fused-ring (bicyclic) bond motifs is 1. The number of rotatable bonds is 6. The van der Waals surface area contributed by atoms with Crippen LogP contribution in [-0.2, 0) is 40.7 Å². The van der Waals surface area contributed by atoms with E-state index in [2.05, 4.69) is 0 Å². The van der Waals surface area contributed by atoms with Crippen molar-refractivity contribution in [2.24, 2.45) is 0 Å². The van der Waals surface area contributed by atoms with E-state index in [9.17, 15) is 24.0 Å². The zero-order chi connectivity index (χ0) is 27.5. The van der Waals surface area contributed by atoms with Gasteiger partial charge >= 0.3 is 29.8 Å². The Morgan fingerprint density at radius 2 is 1.30 bits per heavy atom. The zero-order valence-corrected chi connectivity index (χ0v) is 21.2. The third kappa shape index (κ3) is 6.43. The summed E-state index contributed by atoms with van der Waals surface area (Å²) in [6.07, 6.45) is -0.876. The van der Waals surface area contributed by atoms with Crippen molar-refractivity contribution in [1.82, 2.24) is 0 Å². The highest BCUT2D eigenvalue weighted by Gasteiger charge is 2.46. The lowest BCUT2D eigenvalue weighted by atomic mass is 9.83. The van der Waals surface area contributed by atoms with E-state index in [0.717, 1.165) is 0 Å². The molecule has 1 aliphatic rings. The van der Waals surface area contributed by atoms with E-state index in [1.54, 1.807) is 13.0 Å². The van der Waals surface area contributed by atoms with Crippen molar-refractivity contribution in [2.75, 3.05) is 0 Å².